The normalized spacial score (nSPS) is 6.20. The first-order chi connectivity index (χ1) is 5.41. The SMILES string of the molecule is CNCC(=O)[O-].O=C([O-])C(=O)[O-].[Na+].[Na+].[Na+]. The number of hydrogen-bond donors (Lipinski definition) is 1. The minimum absolute atomic E-state index is 0. The van der Waals surface area contributed by atoms with Gasteiger partial charge in [-0.15, -0.1) is 0 Å². The quantitative estimate of drug-likeness (QED) is 0.377. The van der Waals surface area contributed by atoms with E-state index in [0.29, 0.717) is 0 Å². The molecule has 0 rings (SSSR count). The van der Waals surface area contributed by atoms with Crippen molar-refractivity contribution in [2.24, 2.45) is 0 Å². The number of likely N-dealkylation sites (N-methyl/N-ethyl adjacent to an activating group) is 1. The molecule has 0 saturated heterocycles. The van der Waals surface area contributed by atoms with E-state index >= 15 is 0 Å². The van der Waals surface area contributed by atoms with Crippen LogP contribution in [-0.2, 0) is 14.4 Å². The Morgan fingerprint density at radius 1 is 0.933 bits per heavy atom. The summed E-state index contributed by atoms with van der Waals surface area (Å²) >= 11 is 0. The van der Waals surface area contributed by atoms with Crippen molar-refractivity contribution < 1.29 is 118 Å². The number of carboxylic acid groups (broad SMARTS) is 3. The molecular formula is C5H6NNa3O6. The van der Waals surface area contributed by atoms with Gasteiger partial charge in [-0.2, -0.15) is 0 Å². The van der Waals surface area contributed by atoms with Gasteiger partial charge in [-0.05, 0) is 7.05 Å². The molecule has 0 aromatic carbocycles. The third kappa shape index (κ3) is 39.2. The van der Waals surface area contributed by atoms with E-state index in [4.69, 9.17) is 19.8 Å². The molecule has 0 unspecified atom stereocenters. The molecule has 0 amide bonds. The summed E-state index contributed by atoms with van der Waals surface area (Å²) in [4.78, 5) is 27.3. The summed E-state index contributed by atoms with van der Waals surface area (Å²) in [5.74, 6) is -5.44. The molecule has 0 saturated carbocycles. The maximum atomic E-state index is 9.43. The zero-order valence-corrected chi connectivity index (χ0v) is 15.2. The van der Waals surface area contributed by atoms with E-state index in [1.807, 2.05) is 0 Å². The van der Waals surface area contributed by atoms with E-state index in [0.717, 1.165) is 0 Å². The fourth-order valence-corrected chi connectivity index (χ4v) is 0.144. The van der Waals surface area contributed by atoms with Crippen LogP contribution >= 0.6 is 0 Å². The molecule has 10 heteroatoms. The van der Waals surface area contributed by atoms with Crippen LogP contribution in [0.1, 0.15) is 0 Å². The Morgan fingerprint density at radius 2 is 1.20 bits per heavy atom. The number of hydrogen-bond acceptors (Lipinski definition) is 7. The van der Waals surface area contributed by atoms with Gasteiger partial charge in [-0.1, -0.05) is 0 Å². The smallest absolute Gasteiger partial charge is 0.549 e. The Hall–Kier alpha value is 1.37. The summed E-state index contributed by atoms with van der Waals surface area (Å²) in [6, 6.07) is 0. The Morgan fingerprint density at radius 3 is 1.20 bits per heavy atom. The van der Waals surface area contributed by atoms with Crippen molar-refractivity contribution in [2.75, 3.05) is 13.6 Å². The monoisotopic (exact) mass is 245 g/mol. The van der Waals surface area contributed by atoms with Crippen LogP contribution in [0.3, 0.4) is 0 Å². The van der Waals surface area contributed by atoms with Gasteiger partial charge >= 0.3 is 88.7 Å². The molecule has 0 aromatic rings. The molecule has 0 radical (unpaired) electrons. The zero-order valence-electron chi connectivity index (χ0n) is 9.16. The number of carboxylic acids is 3. The fourth-order valence-electron chi connectivity index (χ4n) is 0.144. The van der Waals surface area contributed by atoms with Crippen LogP contribution in [0.15, 0.2) is 0 Å². The van der Waals surface area contributed by atoms with E-state index in [-0.39, 0.29) is 95.2 Å². The van der Waals surface area contributed by atoms with Crippen molar-refractivity contribution >= 4 is 17.9 Å². The summed E-state index contributed by atoms with van der Waals surface area (Å²) in [6.45, 7) is -0.0694. The van der Waals surface area contributed by atoms with Crippen LogP contribution in [0.25, 0.3) is 0 Å². The van der Waals surface area contributed by atoms with Crippen molar-refractivity contribution in [3.8, 4) is 0 Å². The minimum Gasteiger partial charge on any atom is -0.549 e. The Balaban J connectivity index is -0.0000000370. The van der Waals surface area contributed by atoms with Gasteiger partial charge in [0.05, 0.1) is 17.9 Å². The van der Waals surface area contributed by atoms with Crippen LogP contribution in [0, 0.1) is 0 Å². The van der Waals surface area contributed by atoms with E-state index in [9.17, 15) is 9.90 Å². The molecule has 70 valence electrons. The molecule has 0 aromatic heterocycles. The van der Waals surface area contributed by atoms with Crippen molar-refractivity contribution in [3.05, 3.63) is 0 Å². The molecule has 0 bridgehead atoms. The number of carbonyl (C=O) groups is 3. The number of carbonyl (C=O) groups excluding carboxylic acids is 3. The summed E-state index contributed by atoms with van der Waals surface area (Å²) in [6.07, 6.45) is 0. The first kappa shape index (κ1) is 29.9. The molecule has 0 heterocycles. The molecular weight excluding hydrogens is 239 g/mol. The van der Waals surface area contributed by atoms with Crippen LogP contribution in [-0.4, -0.2) is 31.5 Å². The summed E-state index contributed by atoms with van der Waals surface area (Å²) in [5, 5.41) is 29.7. The Kier molecular flexibility index (Phi) is 41.4. The topological polar surface area (TPSA) is 132 Å². The predicted molar refractivity (Wildman–Crippen MR) is 28.9 cm³/mol. The second-order valence-corrected chi connectivity index (χ2v) is 1.48. The number of rotatable bonds is 2. The predicted octanol–water partition coefficient (Wildman–Crippen LogP) is -14.5. The first-order valence-electron chi connectivity index (χ1n) is 2.68. The molecule has 15 heavy (non-hydrogen) atoms. The molecule has 0 aliphatic carbocycles. The Labute approximate surface area is 153 Å². The van der Waals surface area contributed by atoms with Crippen molar-refractivity contribution in [1.82, 2.24) is 5.32 Å². The summed E-state index contributed by atoms with van der Waals surface area (Å²) < 4.78 is 0. The minimum atomic E-state index is -2.19. The van der Waals surface area contributed by atoms with E-state index in [1.165, 1.54) is 0 Å². The van der Waals surface area contributed by atoms with E-state index < -0.39 is 17.9 Å². The van der Waals surface area contributed by atoms with Gasteiger partial charge in [0.2, 0.25) is 0 Å². The third-order valence-electron chi connectivity index (χ3n) is 0.488. The Bertz CT molecular complexity index is 176. The van der Waals surface area contributed by atoms with Gasteiger partial charge in [0.1, 0.15) is 0 Å². The van der Waals surface area contributed by atoms with Crippen molar-refractivity contribution in [1.29, 1.82) is 0 Å². The second-order valence-electron chi connectivity index (χ2n) is 1.48. The molecule has 0 fully saturated rings. The van der Waals surface area contributed by atoms with Crippen LogP contribution in [0.5, 0.6) is 0 Å². The van der Waals surface area contributed by atoms with E-state index in [2.05, 4.69) is 5.32 Å². The van der Waals surface area contributed by atoms with Crippen LogP contribution in [0.4, 0.5) is 0 Å². The molecule has 0 aliphatic rings. The van der Waals surface area contributed by atoms with Crippen LogP contribution < -0.4 is 109 Å². The molecule has 0 spiro atoms. The van der Waals surface area contributed by atoms with Gasteiger partial charge < -0.3 is 35.0 Å². The second kappa shape index (κ2) is 20.7. The number of aliphatic carboxylic acids is 3. The fraction of sp³-hybridized carbons (Fsp3) is 0.400. The molecule has 7 nitrogen and oxygen atoms in total. The van der Waals surface area contributed by atoms with E-state index in [1.54, 1.807) is 7.05 Å². The van der Waals surface area contributed by atoms with Gasteiger partial charge in [-0.3, -0.25) is 0 Å². The molecule has 0 atom stereocenters. The average Bonchev–Trinajstić information content (AvgIpc) is 1.87. The third-order valence-corrected chi connectivity index (χ3v) is 0.488. The van der Waals surface area contributed by atoms with Crippen molar-refractivity contribution in [3.63, 3.8) is 0 Å². The largest absolute Gasteiger partial charge is 1.00 e. The van der Waals surface area contributed by atoms with Crippen LogP contribution in [0.2, 0.25) is 0 Å². The van der Waals surface area contributed by atoms with Gasteiger partial charge in [0, 0.05) is 6.54 Å². The maximum absolute atomic E-state index is 9.43. The van der Waals surface area contributed by atoms with Gasteiger partial charge in [0.15, 0.2) is 0 Å². The standard InChI is InChI=1S/C3H7NO2.C2H2O4.3Na/c1-4-2-3(5)6;3-1(4)2(5)6;;;/h4H,2H2,1H3,(H,5,6);(H,3,4)(H,5,6);;;/q;;3*+1/p-3. The zero-order chi connectivity index (χ0) is 10.1. The van der Waals surface area contributed by atoms with Gasteiger partial charge in [0.25, 0.3) is 0 Å². The summed E-state index contributed by atoms with van der Waals surface area (Å²) in [7, 11) is 1.55. The maximum Gasteiger partial charge on any atom is 1.00 e. The number of nitrogens with one attached hydrogen (secondary N) is 1. The first-order valence-corrected chi connectivity index (χ1v) is 2.68. The average molecular weight is 245 g/mol. The molecule has 1 N–H and O–H groups in total. The van der Waals surface area contributed by atoms with Gasteiger partial charge in [-0.25, -0.2) is 0 Å². The van der Waals surface area contributed by atoms with Crippen molar-refractivity contribution in [2.45, 2.75) is 0 Å². The summed E-state index contributed by atoms with van der Waals surface area (Å²) in [5.41, 5.74) is 0. The molecule has 0 aliphatic heterocycles.